The zero-order chi connectivity index (χ0) is 16.5. The Morgan fingerprint density at radius 1 is 1.23 bits per heavy atom. The van der Waals surface area contributed by atoms with Gasteiger partial charge in [0.2, 0.25) is 0 Å². The first-order valence-electron chi connectivity index (χ1n) is 7.85. The first kappa shape index (κ1) is 18.0. The fourth-order valence-electron chi connectivity index (χ4n) is 2.53. The van der Waals surface area contributed by atoms with Gasteiger partial charge in [-0.3, -0.25) is 4.79 Å². The lowest BCUT2D eigenvalue weighted by atomic mass is 10.0. The lowest BCUT2D eigenvalue weighted by Crippen LogP contribution is -2.45. The highest BCUT2D eigenvalue weighted by atomic mass is 16.4. The van der Waals surface area contributed by atoms with Gasteiger partial charge in [-0.05, 0) is 18.8 Å². The highest BCUT2D eigenvalue weighted by Gasteiger charge is 2.25. The molecule has 1 amide bonds. The van der Waals surface area contributed by atoms with E-state index >= 15 is 0 Å². The third kappa shape index (κ3) is 5.76. The largest absolute Gasteiger partial charge is 0.480 e. The zero-order valence-corrected chi connectivity index (χ0v) is 13.3. The molecule has 0 aromatic heterocycles. The summed E-state index contributed by atoms with van der Waals surface area (Å²) in [6, 6.07) is 1.11. The van der Waals surface area contributed by atoms with Gasteiger partial charge < -0.3 is 15.7 Å². The number of aliphatic carboxylic acids is 1. The normalized spacial score (nSPS) is 18.2. The standard InChI is InChI=1S/C16H25N3O3/c1-11(2)14(16(21)22)19-15(20)12(9-17)10-18-13-7-5-3-4-6-8-13/h10-11,13-14,18H,3-8H2,1-2H3,(H,19,20)(H,21,22)/b12-10-. The Morgan fingerprint density at radius 2 is 1.82 bits per heavy atom. The predicted octanol–water partition coefficient (Wildman–Crippen LogP) is 1.93. The van der Waals surface area contributed by atoms with E-state index in [0.29, 0.717) is 0 Å². The molecule has 1 aliphatic rings. The Balaban J connectivity index is 2.65. The molecular formula is C16H25N3O3. The van der Waals surface area contributed by atoms with Crippen molar-refractivity contribution in [2.24, 2.45) is 5.92 Å². The summed E-state index contributed by atoms with van der Waals surface area (Å²) in [6.45, 7) is 3.41. The fourth-order valence-corrected chi connectivity index (χ4v) is 2.53. The molecule has 122 valence electrons. The lowest BCUT2D eigenvalue weighted by molar-refractivity contribution is -0.142. The van der Waals surface area contributed by atoms with Crippen LogP contribution in [-0.2, 0) is 9.59 Å². The van der Waals surface area contributed by atoms with Gasteiger partial charge in [-0.15, -0.1) is 0 Å². The van der Waals surface area contributed by atoms with Gasteiger partial charge in [-0.1, -0.05) is 39.5 Å². The molecule has 0 saturated heterocycles. The van der Waals surface area contributed by atoms with E-state index in [4.69, 9.17) is 10.4 Å². The molecule has 1 rings (SSSR count). The number of carbonyl (C=O) groups is 2. The maximum absolute atomic E-state index is 12.0. The van der Waals surface area contributed by atoms with E-state index in [9.17, 15) is 9.59 Å². The number of nitrogens with zero attached hydrogens (tertiary/aromatic N) is 1. The molecule has 1 aliphatic carbocycles. The van der Waals surface area contributed by atoms with Gasteiger partial charge in [-0.2, -0.15) is 5.26 Å². The number of carboxylic acid groups (broad SMARTS) is 1. The highest BCUT2D eigenvalue weighted by Crippen LogP contribution is 2.17. The van der Waals surface area contributed by atoms with Crippen LogP contribution in [0, 0.1) is 17.2 Å². The number of carbonyl (C=O) groups excluding carboxylic acids is 1. The SMILES string of the molecule is CC(C)C(NC(=O)/C(C#N)=C\NC1CCCCCC1)C(=O)O. The van der Waals surface area contributed by atoms with Crippen LogP contribution >= 0.6 is 0 Å². The minimum absolute atomic E-state index is 0.0869. The van der Waals surface area contributed by atoms with Crippen molar-refractivity contribution in [2.45, 2.75) is 64.5 Å². The van der Waals surface area contributed by atoms with Crippen LogP contribution in [0.2, 0.25) is 0 Å². The van der Waals surface area contributed by atoms with Gasteiger partial charge >= 0.3 is 5.97 Å². The highest BCUT2D eigenvalue weighted by molar-refractivity contribution is 5.99. The predicted molar refractivity (Wildman–Crippen MR) is 82.7 cm³/mol. The average Bonchev–Trinajstić information content (AvgIpc) is 2.73. The smallest absolute Gasteiger partial charge is 0.326 e. The van der Waals surface area contributed by atoms with Crippen LogP contribution in [-0.4, -0.2) is 29.1 Å². The Kier molecular flexibility index (Phi) is 7.44. The fraction of sp³-hybridized carbons (Fsp3) is 0.688. The summed E-state index contributed by atoms with van der Waals surface area (Å²) >= 11 is 0. The quantitative estimate of drug-likeness (QED) is 0.395. The summed E-state index contributed by atoms with van der Waals surface area (Å²) in [5.41, 5.74) is -0.0869. The molecule has 1 atom stereocenters. The van der Waals surface area contributed by atoms with Crippen LogP contribution in [0.3, 0.4) is 0 Å². The van der Waals surface area contributed by atoms with Crippen molar-refractivity contribution < 1.29 is 14.7 Å². The zero-order valence-electron chi connectivity index (χ0n) is 13.3. The van der Waals surface area contributed by atoms with Gasteiger partial charge in [0.05, 0.1) is 0 Å². The van der Waals surface area contributed by atoms with E-state index in [2.05, 4.69) is 10.6 Å². The molecule has 0 aromatic carbocycles. The molecule has 6 heteroatoms. The second-order valence-corrected chi connectivity index (χ2v) is 6.06. The van der Waals surface area contributed by atoms with Crippen molar-refractivity contribution in [1.82, 2.24) is 10.6 Å². The Labute approximate surface area is 131 Å². The molecule has 0 aromatic rings. The second-order valence-electron chi connectivity index (χ2n) is 6.06. The Bertz CT molecular complexity index is 458. The van der Waals surface area contributed by atoms with E-state index in [-0.39, 0.29) is 17.5 Å². The topological polar surface area (TPSA) is 102 Å². The Hall–Kier alpha value is -2.03. The van der Waals surface area contributed by atoms with Crippen LogP contribution in [0.4, 0.5) is 0 Å². The maximum atomic E-state index is 12.0. The van der Waals surface area contributed by atoms with Crippen LogP contribution in [0.25, 0.3) is 0 Å². The van der Waals surface area contributed by atoms with Crippen LogP contribution in [0.5, 0.6) is 0 Å². The molecule has 0 radical (unpaired) electrons. The maximum Gasteiger partial charge on any atom is 0.326 e. The number of rotatable bonds is 6. The summed E-state index contributed by atoms with van der Waals surface area (Å²) in [7, 11) is 0. The molecule has 22 heavy (non-hydrogen) atoms. The third-order valence-electron chi connectivity index (χ3n) is 3.90. The van der Waals surface area contributed by atoms with E-state index in [1.54, 1.807) is 13.8 Å². The third-order valence-corrected chi connectivity index (χ3v) is 3.90. The molecule has 0 bridgehead atoms. The van der Waals surface area contributed by atoms with Crippen molar-refractivity contribution in [2.75, 3.05) is 0 Å². The number of amides is 1. The summed E-state index contributed by atoms with van der Waals surface area (Å²) in [6.07, 6.45) is 8.22. The Morgan fingerprint density at radius 3 is 2.27 bits per heavy atom. The van der Waals surface area contributed by atoms with E-state index in [0.717, 1.165) is 25.7 Å². The number of hydrogen-bond donors (Lipinski definition) is 3. The van der Waals surface area contributed by atoms with E-state index < -0.39 is 17.9 Å². The molecule has 1 unspecified atom stereocenters. The van der Waals surface area contributed by atoms with Crippen molar-refractivity contribution in [3.63, 3.8) is 0 Å². The minimum atomic E-state index is -1.10. The van der Waals surface area contributed by atoms with Crippen molar-refractivity contribution in [3.8, 4) is 6.07 Å². The average molecular weight is 307 g/mol. The molecule has 6 nitrogen and oxygen atoms in total. The number of carboxylic acids is 1. The van der Waals surface area contributed by atoms with Crippen LogP contribution in [0.1, 0.15) is 52.4 Å². The van der Waals surface area contributed by atoms with Gasteiger partial charge in [0.1, 0.15) is 17.7 Å². The molecule has 1 fully saturated rings. The summed E-state index contributed by atoms with van der Waals surface area (Å²) in [4.78, 5) is 23.1. The lowest BCUT2D eigenvalue weighted by Gasteiger charge is -2.18. The van der Waals surface area contributed by atoms with E-state index in [1.807, 2.05) is 6.07 Å². The number of nitrogens with one attached hydrogen (secondary N) is 2. The van der Waals surface area contributed by atoms with E-state index in [1.165, 1.54) is 19.0 Å². The van der Waals surface area contributed by atoms with Crippen molar-refractivity contribution in [3.05, 3.63) is 11.8 Å². The summed E-state index contributed by atoms with van der Waals surface area (Å²) in [5.74, 6) is -2.00. The van der Waals surface area contributed by atoms with Gasteiger partial charge in [-0.25, -0.2) is 4.79 Å². The number of hydrogen-bond acceptors (Lipinski definition) is 4. The summed E-state index contributed by atoms with van der Waals surface area (Å²) in [5, 5.41) is 23.7. The molecule has 0 spiro atoms. The first-order chi connectivity index (χ1) is 10.5. The van der Waals surface area contributed by atoms with Crippen LogP contribution in [0.15, 0.2) is 11.8 Å². The van der Waals surface area contributed by atoms with Crippen molar-refractivity contribution in [1.29, 1.82) is 5.26 Å². The molecule has 0 aliphatic heterocycles. The molecular weight excluding hydrogens is 282 g/mol. The second kappa shape index (κ2) is 9.08. The van der Waals surface area contributed by atoms with Gasteiger partial charge in [0.15, 0.2) is 0 Å². The monoisotopic (exact) mass is 307 g/mol. The molecule has 1 saturated carbocycles. The van der Waals surface area contributed by atoms with Crippen LogP contribution < -0.4 is 10.6 Å². The first-order valence-corrected chi connectivity index (χ1v) is 7.85. The summed E-state index contributed by atoms with van der Waals surface area (Å²) < 4.78 is 0. The minimum Gasteiger partial charge on any atom is -0.480 e. The molecule has 3 N–H and O–H groups in total. The van der Waals surface area contributed by atoms with Gasteiger partial charge in [0.25, 0.3) is 5.91 Å². The van der Waals surface area contributed by atoms with Crippen molar-refractivity contribution >= 4 is 11.9 Å². The van der Waals surface area contributed by atoms with Gasteiger partial charge in [0, 0.05) is 12.2 Å². The number of nitriles is 1. The molecule has 0 heterocycles.